The number of anilines is 1. The van der Waals surface area contributed by atoms with Crippen LogP contribution in [0.15, 0.2) is 30.6 Å². The second kappa shape index (κ2) is 5.58. The molecule has 1 aromatic carbocycles. The zero-order valence-corrected chi connectivity index (χ0v) is 11.7. The van der Waals surface area contributed by atoms with Crippen LogP contribution < -0.4 is 5.32 Å². The number of nitrogens with zero attached hydrogens (tertiary/aromatic N) is 4. The lowest BCUT2D eigenvalue weighted by atomic mass is 9.99. The number of aromatic nitrogens is 4. The highest BCUT2D eigenvalue weighted by Gasteiger charge is 2.24. The van der Waals surface area contributed by atoms with Crippen LogP contribution in [0.25, 0.3) is 5.69 Å². The normalized spacial score (nSPS) is 26.4. The Bertz CT molecular complexity index is 546. The van der Waals surface area contributed by atoms with Crippen molar-refractivity contribution < 1.29 is 4.74 Å². The molecule has 0 radical (unpaired) electrons. The van der Waals surface area contributed by atoms with Gasteiger partial charge in [0.1, 0.15) is 6.33 Å². The van der Waals surface area contributed by atoms with Gasteiger partial charge >= 0.3 is 0 Å². The summed E-state index contributed by atoms with van der Waals surface area (Å²) in [5, 5.41) is 14.8. The zero-order valence-electron chi connectivity index (χ0n) is 11.7. The average Bonchev–Trinajstić information content (AvgIpc) is 2.91. The summed E-state index contributed by atoms with van der Waals surface area (Å²) in [4.78, 5) is 0. The van der Waals surface area contributed by atoms with Crippen LogP contribution in [0, 0.1) is 0 Å². The van der Waals surface area contributed by atoms with Gasteiger partial charge in [0.25, 0.3) is 0 Å². The van der Waals surface area contributed by atoms with Crippen LogP contribution in [0.1, 0.15) is 26.7 Å². The maximum atomic E-state index is 5.77. The maximum absolute atomic E-state index is 5.77. The molecule has 20 heavy (non-hydrogen) atoms. The van der Waals surface area contributed by atoms with E-state index in [0.717, 1.165) is 24.2 Å². The minimum absolute atomic E-state index is 0.305. The first-order valence-corrected chi connectivity index (χ1v) is 6.96. The largest absolute Gasteiger partial charge is 0.382 e. The predicted molar refractivity (Wildman–Crippen MR) is 75.8 cm³/mol. The molecule has 1 saturated heterocycles. The fourth-order valence-electron chi connectivity index (χ4n) is 2.78. The number of rotatable bonds is 3. The van der Waals surface area contributed by atoms with Crippen molar-refractivity contribution in [2.75, 3.05) is 5.32 Å². The molecular formula is C14H19N5O. The van der Waals surface area contributed by atoms with Crippen LogP contribution in [0.4, 0.5) is 5.69 Å². The molecule has 0 bridgehead atoms. The monoisotopic (exact) mass is 273 g/mol. The first kappa shape index (κ1) is 13.1. The highest BCUT2D eigenvalue weighted by molar-refractivity contribution is 5.51. The zero-order chi connectivity index (χ0) is 13.9. The van der Waals surface area contributed by atoms with Gasteiger partial charge in [0, 0.05) is 11.7 Å². The topological polar surface area (TPSA) is 64.9 Å². The number of nitrogens with one attached hydrogen (secondary N) is 1. The van der Waals surface area contributed by atoms with E-state index in [-0.39, 0.29) is 0 Å². The van der Waals surface area contributed by atoms with E-state index in [1.165, 1.54) is 0 Å². The van der Waals surface area contributed by atoms with Crippen molar-refractivity contribution in [3.05, 3.63) is 30.6 Å². The molecule has 0 amide bonds. The fourth-order valence-corrected chi connectivity index (χ4v) is 2.78. The molecule has 1 fully saturated rings. The number of hydrogen-bond acceptors (Lipinski definition) is 5. The number of hydrogen-bond donors (Lipinski definition) is 1. The van der Waals surface area contributed by atoms with Crippen LogP contribution in [-0.2, 0) is 4.74 Å². The molecule has 2 unspecified atom stereocenters. The summed E-state index contributed by atoms with van der Waals surface area (Å²) in [5.41, 5.74) is 2.04. The lowest BCUT2D eigenvalue weighted by molar-refractivity contribution is -0.0337. The highest BCUT2D eigenvalue weighted by atomic mass is 16.5. The first-order valence-electron chi connectivity index (χ1n) is 6.96. The Hall–Kier alpha value is -1.95. The van der Waals surface area contributed by atoms with E-state index in [9.17, 15) is 0 Å². The summed E-state index contributed by atoms with van der Waals surface area (Å²) in [6.07, 6.45) is 4.26. The van der Waals surface area contributed by atoms with Gasteiger partial charge in [-0.2, -0.15) is 0 Å². The van der Waals surface area contributed by atoms with Gasteiger partial charge in [0.05, 0.1) is 17.9 Å². The smallest absolute Gasteiger partial charge is 0.143 e. The summed E-state index contributed by atoms with van der Waals surface area (Å²) in [7, 11) is 0. The third kappa shape index (κ3) is 2.96. The average molecular weight is 273 g/mol. The first-order chi connectivity index (χ1) is 9.70. The lowest BCUT2D eigenvalue weighted by Crippen LogP contribution is -2.36. The predicted octanol–water partition coefficient (Wildman–Crippen LogP) is 2.03. The third-order valence-corrected chi connectivity index (χ3v) is 3.53. The van der Waals surface area contributed by atoms with Crippen molar-refractivity contribution in [1.29, 1.82) is 0 Å². The van der Waals surface area contributed by atoms with Crippen molar-refractivity contribution in [2.45, 2.75) is 44.9 Å². The quantitative estimate of drug-likeness (QED) is 0.927. The fraction of sp³-hybridized carbons (Fsp3) is 0.500. The molecule has 6 heteroatoms. The second-order valence-electron chi connectivity index (χ2n) is 5.37. The van der Waals surface area contributed by atoms with Crippen LogP contribution in [0.3, 0.4) is 0 Å². The maximum Gasteiger partial charge on any atom is 0.143 e. The van der Waals surface area contributed by atoms with Crippen LogP contribution >= 0.6 is 0 Å². The van der Waals surface area contributed by atoms with Gasteiger partial charge in [-0.15, -0.1) is 5.10 Å². The molecule has 6 nitrogen and oxygen atoms in total. The number of tetrazole rings is 1. The Morgan fingerprint density at radius 2 is 2.05 bits per heavy atom. The van der Waals surface area contributed by atoms with Crippen molar-refractivity contribution in [2.24, 2.45) is 0 Å². The van der Waals surface area contributed by atoms with Crippen molar-refractivity contribution in [3.63, 3.8) is 0 Å². The third-order valence-electron chi connectivity index (χ3n) is 3.53. The molecule has 2 atom stereocenters. The standard InChI is InChI=1S/C14H19N5O/c1-10-6-13(7-11(2)20-10)16-12-4-3-5-14(8-12)19-9-15-17-18-19/h3-5,8-11,13,16H,6-7H2,1-2H3. The molecule has 0 aliphatic carbocycles. The van der Waals surface area contributed by atoms with E-state index in [1.54, 1.807) is 11.0 Å². The van der Waals surface area contributed by atoms with Gasteiger partial charge in [-0.3, -0.25) is 0 Å². The lowest BCUT2D eigenvalue weighted by Gasteiger charge is -2.33. The molecule has 1 aliphatic rings. The van der Waals surface area contributed by atoms with E-state index in [4.69, 9.17) is 4.74 Å². The van der Waals surface area contributed by atoms with Gasteiger partial charge in [-0.05, 0) is 55.3 Å². The number of benzene rings is 1. The van der Waals surface area contributed by atoms with Gasteiger partial charge < -0.3 is 10.1 Å². The molecule has 1 N–H and O–H groups in total. The summed E-state index contributed by atoms with van der Waals surface area (Å²) in [6.45, 7) is 4.25. The summed E-state index contributed by atoms with van der Waals surface area (Å²) in [5.74, 6) is 0. The molecule has 106 valence electrons. The molecule has 1 aliphatic heterocycles. The van der Waals surface area contributed by atoms with E-state index >= 15 is 0 Å². The minimum atomic E-state index is 0.305. The van der Waals surface area contributed by atoms with E-state index in [0.29, 0.717) is 18.2 Å². The molecule has 3 rings (SSSR count). The SMILES string of the molecule is CC1CC(Nc2cccc(-n3cnnn3)c2)CC(C)O1. The molecule has 1 aromatic heterocycles. The molecule has 2 heterocycles. The van der Waals surface area contributed by atoms with Crippen molar-refractivity contribution in [3.8, 4) is 5.69 Å². The van der Waals surface area contributed by atoms with Crippen LogP contribution in [-0.4, -0.2) is 38.5 Å². The molecule has 2 aromatic rings. The Kier molecular flexibility index (Phi) is 3.64. The minimum Gasteiger partial charge on any atom is -0.382 e. The van der Waals surface area contributed by atoms with Crippen LogP contribution in [0.5, 0.6) is 0 Å². The Balaban J connectivity index is 1.73. The Morgan fingerprint density at radius 1 is 1.25 bits per heavy atom. The molecule has 0 saturated carbocycles. The highest BCUT2D eigenvalue weighted by Crippen LogP contribution is 2.23. The Labute approximate surface area is 118 Å². The molecule has 0 spiro atoms. The van der Waals surface area contributed by atoms with Crippen molar-refractivity contribution in [1.82, 2.24) is 20.2 Å². The van der Waals surface area contributed by atoms with Gasteiger partial charge in [-0.25, -0.2) is 4.68 Å². The molecular weight excluding hydrogens is 254 g/mol. The second-order valence-corrected chi connectivity index (χ2v) is 5.37. The summed E-state index contributed by atoms with van der Waals surface area (Å²) >= 11 is 0. The Morgan fingerprint density at radius 3 is 2.75 bits per heavy atom. The van der Waals surface area contributed by atoms with Gasteiger partial charge in [-0.1, -0.05) is 6.07 Å². The van der Waals surface area contributed by atoms with E-state index in [1.807, 2.05) is 12.1 Å². The van der Waals surface area contributed by atoms with Crippen LogP contribution in [0.2, 0.25) is 0 Å². The summed E-state index contributed by atoms with van der Waals surface area (Å²) < 4.78 is 7.42. The number of ether oxygens (including phenoxy) is 1. The van der Waals surface area contributed by atoms with Crippen molar-refractivity contribution >= 4 is 5.69 Å². The van der Waals surface area contributed by atoms with Gasteiger partial charge in [0.2, 0.25) is 0 Å². The summed E-state index contributed by atoms with van der Waals surface area (Å²) in [6, 6.07) is 8.56. The van der Waals surface area contributed by atoms with Gasteiger partial charge in [0.15, 0.2) is 0 Å². The van der Waals surface area contributed by atoms with E-state index < -0.39 is 0 Å². The van der Waals surface area contributed by atoms with E-state index in [2.05, 4.69) is 46.8 Å².